The van der Waals surface area contributed by atoms with Crippen LogP contribution in [-0.4, -0.2) is 11.7 Å². The molecule has 4 heteroatoms. The van der Waals surface area contributed by atoms with Gasteiger partial charge in [0.25, 0.3) is 0 Å². The molecule has 1 aliphatic rings. The maximum atomic E-state index is 12.4. The van der Waals surface area contributed by atoms with E-state index in [9.17, 15) is 9.59 Å². The molecule has 100 valence electrons. The van der Waals surface area contributed by atoms with Crippen molar-refractivity contribution >= 4 is 29.0 Å². The average Bonchev–Trinajstić information content (AvgIpc) is 2.79. The second-order valence-electron chi connectivity index (χ2n) is 4.74. The van der Waals surface area contributed by atoms with Crippen molar-refractivity contribution in [1.82, 2.24) is 0 Å². The largest absolute Gasteiger partial charge is 0.324 e. The summed E-state index contributed by atoms with van der Waals surface area (Å²) in [5.41, 5.74) is 2.00. The molecule has 0 aliphatic heterocycles. The highest BCUT2D eigenvalue weighted by Gasteiger charge is 2.33. The zero-order valence-corrected chi connectivity index (χ0v) is 11.4. The monoisotopic (exact) mass is 285 g/mol. The Morgan fingerprint density at radius 3 is 2.60 bits per heavy atom. The number of amides is 1. The lowest BCUT2D eigenvalue weighted by molar-refractivity contribution is -0.117. The highest BCUT2D eigenvalue weighted by Crippen LogP contribution is 2.34. The number of anilines is 1. The fourth-order valence-electron chi connectivity index (χ4n) is 2.48. The fraction of sp³-hybridized carbons (Fsp3) is 0.125. The minimum atomic E-state index is -0.435. The molecule has 2 aromatic carbocycles. The average molecular weight is 286 g/mol. The third-order valence-electron chi connectivity index (χ3n) is 3.47. The smallest absolute Gasteiger partial charge is 0.232 e. The van der Waals surface area contributed by atoms with E-state index < -0.39 is 5.92 Å². The number of hydrogen-bond donors (Lipinski definition) is 1. The van der Waals surface area contributed by atoms with Gasteiger partial charge < -0.3 is 5.32 Å². The van der Waals surface area contributed by atoms with Gasteiger partial charge in [-0.25, -0.2) is 0 Å². The molecule has 1 N–H and O–H groups in total. The van der Waals surface area contributed by atoms with Crippen LogP contribution < -0.4 is 5.32 Å². The Balaban J connectivity index is 1.86. The summed E-state index contributed by atoms with van der Waals surface area (Å²) >= 11 is 6.02. The Morgan fingerprint density at radius 2 is 1.80 bits per heavy atom. The van der Waals surface area contributed by atoms with Crippen LogP contribution in [0.25, 0.3) is 0 Å². The van der Waals surface area contributed by atoms with Crippen LogP contribution >= 0.6 is 11.6 Å². The maximum absolute atomic E-state index is 12.4. The zero-order chi connectivity index (χ0) is 14.1. The van der Waals surface area contributed by atoms with Gasteiger partial charge in [-0.1, -0.05) is 48.0 Å². The van der Waals surface area contributed by atoms with Crippen LogP contribution in [-0.2, 0) is 4.79 Å². The van der Waals surface area contributed by atoms with Crippen molar-refractivity contribution in [1.29, 1.82) is 0 Å². The van der Waals surface area contributed by atoms with Gasteiger partial charge in [0.1, 0.15) is 0 Å². The van der Waals surface area contributed by atoms with Crippen LogP contribution in [0.3, 0.4) is 0 Å². The van der Waals surface area contributed by atoms with Crippen LogP contribution in [0.2, 0.25) is 5.02 Å². The van der Waals surface area contributed by atoms with Crippen molar-refractivity contribution < 1.29 is 9.59 Å². The summed E-state index contributed by atoms with van der Waals surface area (Å²) in [5, 5.41) is 3.28. The standard InChI is InChI=1S/C16H12ClNO2/c17-13-7-3-4-8-14(13)18-16(20)12-9-15(19)11-6-2-1-5-10(11)12/h1-8,12H,9H2,(H,18,20). The van der Waals surface area contributed by atoms with Crippen molar-refractivity contribution in [2.75, 3.05) is 5.32 Å². The third-order valence-corrected chi connectivity index (χ3v) is 3.80. The highest BCUT2D eigenvalue weighted by atomic mass is 35.5. The van der Waals surface area contributed by atoms with E-state index in [-0.39, 0.29) is 18.1 Å². The minimum absolute atomic E-state index is 0.0138. The summed E-state index contributed by atoms with van der Waals surface area (Å²) in [6.45, 7) is 0. The number of carbonyl (C=O) groups excluding carboxylic acids is 2. The number of benzene rings is 2. The molecule has 0 radical (unpaired) electrons. The van der Waals surface area contributed by atoms with Crippen molar-refractivity contribution in [3.63, 3.8) is 0 Å². The molecule has 3 rings (SSSR count). The van der Waals surface area contributed by atoms with E-state index in [1.54, 1.807) is 30.3 Å². The number of halogens is 1. The number of hydrogen-bond acceptors (Lipinski definition) is 2. The molecular formula is C16H12ClNO2. The molecule has 2 aromatic rings. The lowest BCUT2D eigenvalue weighted by Gasteiger charge is -2.12. The molecule has 20 heavy (non-hydrogen) atoms. The summed E-state index contributed by atoms with van der Waals surface area (Å²) in [6, 6.07) is 14.3. The van der Waals surface area contributed by atoms with Gasteiger partial charge in [-0.2, -0.15) is 0 Å². The number of para-hydroxylation sites is 1. The first kappa shape index (κ1) is 12.9. The van der Waals surface area contributed by atoms with Gasteiger partial charge in [-0.05, 0) is 17.7 Å². The van der Waals surface area contributed by atoms with Crippen molar-refractivity contribution in [2.24, 2.45) is 0 Å². The maximum Gasteiger partial charge on any atom is 0.232 e. The van der Waals surface area contributed by atoms with Crippen molar-refractivity contribution in [3.05, 3.63) is 64.7 Å². The second kappa shape index (κ2) is 5.10. The number of ketones is 1. The Morgan fingerprint density at radius 1 is 1.10 bits per heavy atom. The van der Waals surface area contributed by atoms with Gasteiger partial charge in [-0.15, -0.1) is 0 Å². The van der Waals surface area contributed by atoms with Crippen molar-refractivity contribution in [2.45, 2.75) is 12.3 Å². The quantitative estimate of drug-likeness (QED) is 0.915. The lowest BCUT2D eigenvalue weighted by atomic mass is 10.0. The number of nitrogens with one attached hydrogen (secondary N) is 1. The number of Topliss-reactive ketones (excluding diaryl/α,β-unsaturated/α-hetero) is 1. The number of fused-ring (bicyclic) bond motifs is 1. The first-order valence-corrected chi connectivity index (χ1v) is 6.72. The summed E-state index contributed by atoms with van der Waals surface area (Å²) in [6.07, 6.45) is 0.218. The molecule has 0 saturated heterocycles. The number of rotatable bonds is 2. The van der Waals surface area contributed by atoms with Gasteiger partial charge in [0.15, 0.2) is 5.78 Å². The van der Waals surface area contributed by atoms with E-state index in [0.717, 1.165) is 5.56 Å². The van der Waals surface area contributed by atoms with Crippen LogP contribution in [0.4, 0.5) is 5.69 Å². The molecule has 0 spiro atoms. The Hall–Kier alpha value is -2.13. The second-order valence-corrected chi connectivity index (χ2v) is 5.14. The van der Waals surface area contributed by atoms with Crippen LogP contribution in [0.15, 0.2) is 48.5 Å². The lowest BCUT2D eigenvalue weighted by Crippen LogP contribution is -2.19. The van der Waals surface area contributed by atoms with Gasteiger partial charge in [0, 0.05) is 12.0 Å². The number of carbonyl (C=O) groups is 2. The van der Waals surface area contributed by atoms with Gasteiger partial charge in [-0.3, -0.25) is 9.59 Å². The van der Waals surface area contributed by atoms with E-state index in [4.69, 9.17) is 11.6 Å². The van der Waals surface area contributed by atoms with Crippen LogP contribution in [0.1, 0.15) is 28.3 Å². The molecular weight excluding hydrogens is 274 g/mol. The minimum Gasteiger partial charge on any atom is -0.324 e. The SMILES string of the molecule is O=C1CC(C(=O)Nc2ccccc2Cl)c2ccccc21. The predicted octanol–water partition coefficient (Wildman–Crippen LogP) is 3.65. The van der Waals surface area contributed by atoms with Gasteiger partial charge in [0.2, 0.25) is 5.91 Å². The predicted molar refractivity (Wildman–Crippen MR) is 78.2 cm³/mol. The van der Waals surface area contributed by atoms with E-state index in [1.807, 2.05) is 18.2 Å². The Bertz CT molecular complexity index is 696. The summed E-state index contributed by atoms with van der Waals surface area (Å²) in [5.74, 6) is -0.619. The first-order chi connectivity index (χ1) is 9.66. The third kappa shape index (κ3) is 2.21. The molecule has 1 atom stereocenters. The molecule has 0 bridgehead atoms. The zero-order valence-electron chi connectivity index (χ0n) is 10.6. The van der Waals surface area contributed by atoms with Gasteiger partial charge in [0.05, 0.1) is 16.6 Å². The molecule has 1 unspecified atom stereocenters. The summed E-state index contributed by atoms with van der Waals surface area (Å²) in [7, 11) is 0. The Labute approximate surface area is 121 Å². The van der Waals surface area contributed by atoms with Gasteiger partial charge >= 0.3 is 0 Å². The highest BCUT2D eigenvalue weighted by molar-refractivity contribution is 6.33. The van der Waals surface area contributed by atoms with E-state index >= 15 is 0 Å². The molecule has 0 heterocycles. The normalized spacial score (nSPS) is 16.9. The molecule has 1 amide bonds. The molecule has 0 fully saturated rings. The molecule has 0 aromatic heterocycles. The topological polar surface area (TPSA) is 46.2 Å². The Kier molecular flexibility index (Phi) is 3.28. The first-order valence-electron chi connectivity index (χ1n) is 6.34. The molecule has 3 nitrogen and oxygen atoms in total. The molecule has 0 saturated carbocycles. The van der Waals surface area contributed by atoms with E-state index in [2.05, 4.69) is 5.32 Å². The summed E-state index contributed by atoms with van der Waals surface area (Å²) in [4.78, 5) is 24.2. The summed E-state index contributed by atoms with van der Waals surface area (Å²) < 4.78 is 0. The fourth-order valence-corrected chi connectivity index (χ4v) is 2.66. The molecule has 1 aliphatic carbocycles. The van der Waals surface area contributed by atoms with E-state index in [1.165, 1.54) is 0 Å². The van der Waals surface area contributed by atoms with Crippen LogP contribution in [0.5, 0.6) is 0 Å². The van der Waals surface area contributed by atoms with E-state index in [0.29, 0.717) is 16.3 Å². The van der Waals surface area contributed by atoms with Crippen molar-refractivity contribution in [3.8, 4) is 0 Å². The van der Waals surface area contributed by atoms with Crippen LogP contribution in [0, 0.1) is 0 Å².